The molecule has 1 aliphatic carbocycles. The summed E-state index contributed by atoms with van der Waals surface area (Å²) in [6.07, 6.45) is 4.26. The number of carbonyl (C=O) groups excluding carboxylic acids is 1. The van der Waals surface area contributed by atoms with E-state index in [4.69, 9.17) is 0 Å². The van der Waals surface area contributed by atoms with Gasteiger partial charge in [0.15, 0.2) is 0 Å². The second-order valence-electron chi connectivity index (χ2n) is 5.73. The van der Waals surface area contributed by atoms with Crippen molar-refractivity contribution in [3.8, 4) is 0 Å². The van der Waals surface area contributed by atoms with Gasteiger partial charge in [-0.1, -0.05) is 13.8 Å². The van der Waals surface area contributed by atoms with E-state index >= 15 is 0 Å². The first-order valence-electron chi connectivity index (χ1n) is 6.12. The summed E-state index contributed by atoms with van der Waals surface area (Å²) >= 11 is 1.87. The van der Waals surface area contributed by atoms with Crippen molar-refractivity contribution in [3.63, 3.8) is 0 Å². The fourth-order valence-corrected chi connectivity index (χ4v) is 3.15. The predicted octanol–water partition coefficient (Wildman–Crippen LogP) is 2.68. The number of hydrogen-bond donors (Lipinski definition) is 0. The Hall–Kier alpha value is -0.0200. The van der Waals surface area contributed by atoms with Crippen molar-refractivity contribution in [2.24, 2.45) is 11.3 Å². The molecule has 0 bridgehead atoms. The van der Waals surface area contributed by atoms with Gasteiger partial charge in [-0.25, -0.2) is 0 Å². The lowest BCUT2D eigenvalue weighted by Gasteiger charge is -2.27. The quantitative estimate of drug-likeness (QED) is 0.740. The van der Waals surface area contributed by atoms with E-state index in [-0.39, 0.29) is 11.3 Å². The normalized spacial score (nSPS) is 26.4. The molecule has 0 amide bonds. The minimum Gasteiger partial charge on any atom is -0.302 e. The third-order valence-electron chi connectivity index (χ3n) is 3.82. The molecule has 0 saturated heterocycles. The standard InChI is InChI=1S/C13H25NOS/c1-10(9-16-5)14(4)8-11-6-7-13(2,3)12(11)15/h10-11H,6-9H2,1-5H3. The first kappa shape index (κ1) is 14.0. The van der Waals surface area contributed by atoms with E-state index < -0.39 is 0 Å². The molecule has 0 aromatic carbocycles. The summed E-state index contributed by atoms with van der Waals surface area (Å²) in [5, 5.41) is 0. The average molecular weight is 243 g/mol. The molecular formula is C13H25NOS. The summed E-state index contributed by atoms with van der Waals surface area (Å²) in [4.78, 5) is 14.4. The van der Waals surface area contributed by atoms with Crippen LogP contribution in [0.1, 0.15) is 33.6 Å². The van der Waals surface area contributed by atoms with E-state index in [0.717, 1.165) is 25.1 Å². The number of carbonyl (C=O) groups is 1. The Balaban J connectivity index is 2.47. The number of Topliss-reactive ketones (excluding diaryl/α,β-unsaturated/α-hetero) is 1. The van der Waals surface area contributed by atoms with Crippen LogP contribution in [0.15, 0.2) is 0 Å². The van der Waals surface area contributed by atoms with Gasteiger partial charge in [-0.05, 0) is 33.1 Å². The molecule has 1 fully saturated rings. The Morgan fingerprint density at radius 2 is 2.19 bits per heavy atom. The number of rotatable bonds is 5. The van der Waals surface area contributed by atoms with Crippen LogP contribution in [0.5, 0.6) is 0 Å². The third-order valence-corrected chi connectivity index (χ3v) is 4.64. The van der Waals surface area contributed by atoms with Gasteiger partial charge in [0.25, 0.3) is 0 Å². The Morgan fingerprint density at radius 3 is 2.62 bits per heavy atom. The lowest BCUT2D eigenvalue weighted by molar-refractivity contribution is -0.127. The molecule has 3 heteroatoms. The van der Waals surface area contributed by atoms with Gasteiger partial charge in [0.1, 0.15) is 5.78 Å². The second kappa shape index (κ2) is 5.54. The van der Waals surface area contributed by atoms with Gasteiger partial charge in [-0.15, -0.1) is 0 Å². The highest BCUT2D eigenvalue weighted by molar-refractivity contribution is 7.98. The van der Waals surface area contributed by atoms with E-state index in [1.54, 1.807) is 0 Å². The minimum atomic E-state index is -0.0751. The third kappa shape index (κ3) is 3.24. The van der Waals surface area contributed by atoms with Gasteiger partial charge in [0.2, 0.25) is 0 Å². The molecule has 0 N–H and O–H groups in total. The van der Waals surface area contributed by atoms with Crippen LogP contribution in [-0.4, -0.2) is 42.3 Å². The van der Waals surface area contributed by atoms with Crippen LogP contribution in [-0.2, 0) is 4.79 Å². The molecule has 2 atom stereocenters. The number of thioether (sulfide) groups is 1. The number of ketones is 1. The molecular weight excluding hydrogens is 218 g/mol. The Labute approximate surface area is 104 Å². The molecule has 0 aliphatic heterocycles. The molecule has 1 saturated carbocycles. The van der Waals surface area contributed by atoms with Crippen molar-refractivity contribution < 1.29 is 4.79 Å². The molecule has 0 aromatic heterocycles. The molecule has 2 unspecified atom stereocenters. The van der Waals surface area contributed by atoms with Gasteiger partial charge in [0.05, 0.1) is 0 Å². The highest BCUT2D eigenvalue weighted by Crippen LogP contribution is 2.37. The van der Waals surface area contributed by atoms with E-state index in [1.165, 1.54) is 0 Å². The zero-order chi connectivity index (χ0) is 12.3. The van der Waals surface area contributed by atoms with Crippen molar-refractivity contribution in [2.75, 3.05) is 25.6 Å². The summed E-state index contributed by atoms with van der Waals surface area (Å²) in [5.41, 5.74) is -0.0751. The van der Waals surface area contributed by atoms with Crippen LogP contribution in [0.2, 0.25) is 0 Å². The topological polar surface area (TPSA) is 20.3 Å². The predicted molar refractivity (Wildman–Crippen MR) is 72.0 cm³/mol. The summed E-state index contributed by atoms with van der Waals surface area (Å²) in [6.45, 7) is 7.34. The number of nitrogens with zero attached hydrogens (tertiary/aromatic N) is 1. The van der Waals surface area contributed by atoms with Gasteiger partial charge >= 0.3 is 0 Å². The molecule has 1 aliphatic rings. The van der Waals surface area contributed by atoms with Crippen LogP contribution in [0, 0.1) is 11.3 Å². The van der Waals surface area contributed by atoms with Gasteiger partial charge < -0.3 is 4.90 Å². The zero-order valence-corrected chi connectivity index (χ0v) is 12.1. The first-order chi connectivity index (χ1) is 7.38. The maximum absolute atomic E-state index is 12.1. The lowest BCUT2D eigenvalue weighted by Crippen LogP contribution is -2.37. The van der Waals surface area contributed by atoms with Crippen LogP contribution < -0.4 is 0 Å². The Morgan fingerprint density at radius 1 is 1.56 bits per heavy atom. The van der Waals surface area contributed by atoms with E-state index in [0.29, 0.717) is 11.8 Å². The molecule has 0 heterocycles. The fourth-order valence-electron chi connectivity index (χ4n) is 2.41. The maximum Gasteiger partial charge on any atom is 0.142 e. The van der Waals surface area contributed by atoms with Crippen LogP contribution in [0.25, 0.3) is 0 Å². The van der Waals surface area contributed by atoms with Crippen LogP contribution >= 0.6 is 11.8 Å². The Bertz CT molecular complexity index is 252. The molecule has 2 nitrogen and oxygen atoms in total. The fraction of sp³-hybridized carbons (Fsp3) is 0.923. The van der Waals surface area contributed by atoms with Gasteiger partial charge in [-0.2, -0.15) is 11.8 Å². The van der Waals surface area contributed by atoms with Crippen molar-refractivity contribution in [1.29, 1.82) is 0 Å². The highest BCUT2D eigenvalue weighted by atomic mass is 32.2. The second-order valence-corrected chi connectivity index (χ2v) is 6.64. The monoisotopic (exact) mass is 243 g/mol. The van der Waals surface area contributed by atoms with Crippen molar-refractivity contribution in [2.45, 2.75) is 39.7 Å². The average Bonchev–Trinajstić information content (AvgIpc) is 2.45. The maximum atomic E-state index is 12.1. The van der Waals surface area contributed by atoms with Crippen molar-refractivity contribution >= 4 is 17.5 Å². The first-order valence-corrected chi connectivity index (χ1v) is 7.51. The minimum absolute atomic E-state index is 0.0751. The summed E-state index contributed by atoms with van der Waals surface area (Å²) in [5.74, 6) is 1.88. The SMILES string of the molecule is CSCC(C)N(C)CC1CCC(C)(C)C1=O. The molecule has 94 valence electrons. The summed E-state index contributed by atoms with van der Waals surface area (Å²) < 4.78 is 0. The summed E-state index contributed by atoms with van der Waals surface area (Å²) in [6, 6.07) is 0.562. The smallest absolute Gasteiger partial charge is 0.142 e. The van der Waals surface area contributed by atoms with Gasteiger partial charge in [-0.3, -0.25) is 4.79 Å². The zero-order valence-electron chi connectivity index (χ0n) is 11.2. The van der Waals surface area contributed by atoms with E-state index in [1.807, 2.05) is 11.8 Å². The van der Waals surface area contributed by atoms with E-state index in [2.05, 4.69) is 39.0 Å². The molecule has 1 rings (SSSR count). The van der Waals surface area contributed by atoms with E-state index in [9.17, 15) is 4.79 Å². The molecule has 0 radical (unpaired) electrons. The van der Waals surface area contributed by atoms with Crippen LogP contribution in [0.3, 0.4) is 0 Å². The molecule has 0 aromatic rings. The van der Waals surface area contributed by atoms with Crippen molar-refractivity contribution in [3.05, 3.63) is 0 Å². The highest BCUT2D eigenvalue weighted by Gasteiger charge is 2.40. The van der Waals surface area contributed by atoms with Crippen LogP contribution in [0.4, 0.5) is 0 Å². The van der Waals surface area contributed by atoms with Crippen molar-refractivity contribution in [1.82, 2.24) is 4.90 Å². The molecule has 16 heavy (non-hydrogen) atoms. The number of hydrogen-bond acceptors (Lipinski definition) is 3. The largest absolute Gasteiger partial charge is 0.302 e. The lowest BCUT2D eigenvalue weighted by atomic mass is 9.89. The Kier molecular flexibility index (Phi) is 4.87. The molecule has 0 spiro atoms. The van der Waals surface area contributed by atoms with Gasteiger partial charge in [0, 0.05) is 29.7 Å². The summed E-state index contributed by atoms with van der Waals surface area (Å²) in [7, 11) is 2.14.